The van der Waals surface area contributed by atoms with Crippen molar-refractivity contribution >= 4 is 23.2 Å². The minimum absolute atomic E-state index is 0.304. The summed E-state index contributed by atoms with van der Waals surface area (Å²) in [5.74, 6) is 1.27. The van der Waals surface area contributed by atoms with Gasteiger partial charge in [0.1, 0.15) is 11.5 Å². The summed E-state index contributed by atoms with van der Waals surface area (Å²) >= 11 is 12.0. The fourth-order valence-corrected chi connectivity index (χ4v) is 1.88. The third kappa shape index (κ3) is 2.64. The SMILES string of the molecule is NCC(N)c1ccc(-c2cc(Cl)ccc2Cl)o1. The summed E-state index contributed by atoms with van der Waals surface area (Å²) in [7, 11) is 0. The molecular weight excluding hydrogens is 259 g/mol. The molecule has 0 fully saturated rings. The van der Waals surface area contributed by atoms with Crippen LogP contribution in [0.1, 0.15) is 11.8 Å². The van der Waals surface area contributed by atoms with Gasteiger partial charge in [0.25, 0.3) is 0 Å². The quantitative estimate of drug-likeness (QED) is 0.900. The first-order chi connectivity index (χ1) is 8.11. The molecule has 2 rings (SSSR count). The van der Waals surface area contributed by atoms with Crippen LogP contribution in [0.25, 0.3) is 11.3 Å². The highest BCUT2D eigenvalue weighted by atomic mass is 35.5. The number of hydrogen-bond donors (Lipinski definition) is 2. The molecule has 0 radical (unpaired) electrons. The molecule has 0 amide bonds. The van der Waals surface area contributed by atoms with E-state index < -0.39 is 0 Å². The van der Waals surface area contributed by atoms with Crippen LogP contribution in [0, 0.1) is 0 Å². The molecule has 1 heterocycles. The summed E-state index contributed by atoms with van der Waals surface area (Å²) in [5, 5.41) is 1.18. The van der Waals surface area contributed by atoms with E-state index in [0.717, 1.165) is 5.56 Å². The van der Waals surface area contributed by atoms with E-state index in [2.05, 4.69) is 0 Å². The Labute approximate surface area is 109 Å². The molecule has 0 saturated heterocycles. The molecule has 4 N–H and O–H groups in total. The Morgan fingerprint density at radius 1 is 1.18 bits per heavy atom. The zero-order valence-corrected chi connectivity index (χ0v) is 10.5. The van der Waals surface area contributed by atoms with Crippen LogP contribution in [0.3, 0.4) is 0 Å². The number of nitrogens with two attached hydrogens (primary N) is 2. The van der Waals surface area contributed by atoms with Gasteiger partial charge in [0.2, 0.25) is 0 Å². The molecule has 0 aliphatic heterocycles. The number of hydrogen-bond acceptors (Lipinski definition) is 3. The van der Waals surface area contributed by atoms with Gasteiger partial charge in [-0.1, -0.05) is 23.2 Å². The molecule has 1 aromatic heterocycles. The molecule has 5 heteroatoms. The Hall–Kier alpha value is -1.00. The molecule has 2 aromatic rings. The summed E-state index contributed by atoms with van der Waals surface area (Å²) < 4.78 is 5.61. The minimum Gasteiger partial charge on any atom is -0.459 e. The molecule has 0 spiro atoms. The summed E-state index contributed by atoms with van der Waals surface area (Å²) in [6.07, 6.45) is 0. The second kappa shape index (κ2) is 5.10. The second-order valence-corrected chi connectivity index (χ2v) is 4.51. The maximum absolute atomic E-state index is 6.08. The molecule has 17 heavy (non-hydrogen) atoms. The number of halogens is 2. The third-order valence-electron chi connectivity index (χ3n) is 2.44. The van der Waals surface area contributed by atoms with Crippen LogP contribution < -0.4 is 11.5 Å². The lowest BCUT2D eigenvalue weighted by Crippen LogP contribution is -2.19. The highest BCUT2D eigenvalue weighted by Crippen LogP contribution is 2.32. The molecular formula is C12H12Cl2N2O. The zero-order chi connectivity index (χ0) is 12.4. The first-order valence-corrected chi connectivity index (χ1v) is 5.88. The van der Waals surface area contributed by atoms with E-state index >= 15 is 0 Å². The summed E-state index contributed by atoms with van der Waals surface area (Å²) in [4.78, 5) is 0. The smallest absolute Gasteiger partial charge is 0.135 e. The third-order valence-corrected chi connectivity index (χ3v) is 3.00. The van der Waals surface area contributed by atoms with E-state index in [4.69, 9.17) is 39.1 Å². The van der Waals surface area contributed by atoms with Crippen molar-refractivity contribution in [3.63, 3.8) is 0 Å². The average Bonchev–Trinajstić information content (AvgIpc) is 2.80. The van der Waals surface area contributed by atoms with Crippen molar-refractivity contribution in [1.29, 1.82) is 0 Å². The van der Waals surface area contributed by atoms with E-state index in [0.29, 0.717) is 28.1 Å². The number of furan rings is 1. The van der Waals surface area contributed by atoms with Crippen molar-refractivity contribution in [3.05, 3.63) is 46.1 Å². The average molecular weight is 271 g/mol. The minimum atomic E-state index is -0.304. The zero-order valence-electron chi connectivity index (χ0n) is 8.99. The molecule has 0 aliphatic carbocycles. The number of benzene rings is 1. The van der Waals surface area contributed by atoms with E-state index in [1.807, 2.05) is 6.07 Å². The summed E-state index contributed by atoms with van der Waals surface area (Å²) in [5.41, 5.74) is 12.0. The molecule has 90 valence electrons. The van der Waals surface area contributed by atoms with Gasteiger partial charge in [0.05, 0.1) is 11.1 Å². The van der Waals surface area contributed by atoms with Crippen molar-refractivity contribution in [3.8, 4) is 11.3 Å². The van der Waals surface area contributed by atoms with Crippen LogP contribution in [0.15, 0.2) is 34.7 Å². The van der Waals surface area contributed by atoms with Crippen molar-refractivity contribution < 1.29 is 4.42 Å². The lowest BCUT2D eigenvalue weighted by molar-refractivity contribution is 0.480. The Morgan fingerprint density at radius 3 is 2.65 bits per heavy atom. The lowest BCUT2D eigenvalue weighted by atomic mass is 10.2. The lowest BCUT2D eigenvalue weighted by Gasteiger charge is -2.05. The van der Waals surface area contributed by atoms with Gasteiger partial charge in [-0.2, -0.15) is 0 Å². The van der Waals surface area contributed by atoms with Crippen molar-refractivity contribution in [2.24, 2.45) is 11.5 Å². The van der Waals surface area contributed by atoms with E-state index in [1.165, 1.54) is 0 Å². The highest BCUT2D eigenvalue weighted by molar-refractivity contribution is 6.35. The Kier molecular flexibility index (Phi) is 3.74. The van der Waals surface area contributed by atoms with E-state index in [1.54, 1.807) is 24.3 Å². The molecule has 0 bridgehead atoms. The van der Waals surface area contributed by atoms with Crippen molar-refractivity contribution in [2.75, 3.05) is 6.54 Å². The molecule has 1 atom stereocenters. The van der Waals surface area contributed by atoms with Crippen LogP contribution in [-0.4, -0.2) is 6.54 Å². The van der Waals surface area contributed by atoms with Gasteiger partial charge in [0, 0.05) is 17.1 Å². The highest BCUT2D eigenvalue weighted by Gasteiger charge is 2.12. The van der Waals surface area contributed by atoms with Gasteiger partial charge < -0.3 is 15.9 Å². The van der Waals surface area contributed by atoms with Crippen molar-refractivity contribution in [2.45, 2.75) is 6.04 Å². The number of rotatable bonds is 3. The van der Waals surface area contributed by atoms with Gasteiger partial charge in [-0.15, -0.1) is 0 Å². The predicted octanol–water partition coefficient (Wildman–Crippen LogP) is 3.21. The van der Waals surface area contributed by atoms with Crippen LogP contribution in [0.4, 0.5) is 0 Å². The van der Waals surface area contributed by atoms with Gasteiger partial charge >= 0.3 is 0 Å². The first-order valence-electron chi connectivity index (χ1n) is 5.12. The van der Waals surface area contributed by atoms with Crippen LogP contribution in [-0.2, 0) is 0 Å². The standard InChI is InChI=1S/C12H12Cl2N2O/c13-7-1-2-9(14)8(5-7)11-3-4-12(17-11)10(16)6-15/h1-5,10H,6,15-16H2. The van der Waals surface area contributed by atoms with E-state index in [-0.39, 0.29) is 6.04 Å². The predicted molar refractivity (Wildman–Crippen MR) is 70.1 cm³/mol. The fourth-order valence-electron chi connectivity index (χ4n) is 1.50. The maximum atomic E-state index is 6.08. The van der Waals surface area contributed by atoms with Gasteiger partial charge in [-0.25, -0.2) is 0 Å². The van der Waals surface area contributed by atoms with Gasteiger partial charge in [0.15, 0.2) is 0 Å². The Morgan fingerprint density at radius 2 is 1.94 bits per heavy atom. The molecule has 0 saturated carbocycles. The van der Waals surface area contributed by atoms with Crippen LogP contribution >= 0.6 is 23.2 Å². The molecule has 0 aliphatic rings. The summed E-state index contributed by atoms with van der Waals surface area (Å²) in [6, 6.07) is 8.50. The summed E-state index contributed by atoms with van der Waals surface area (Å²) in [6.45, 7) is 0.330. The Bertz CT molecular complexity index is 525. The van der Waals surface area contributed by atoms with Crippen molar-refractivity contribution in [1.82, 2.24) is 0 Å². The first kappa shape index (κ1) is 12.5. The second-order valence-electron chi connectivity index (χ2n) is 3.67. The normalized spacial score (nSPS) is 12.7. The van der Waals surface area contributed by atoms with Gasteiger partial charge in [-0.3, -0.25) is 0 Å². The fraction of sp³-hybridized carbons (Fsp3) is 0.167. The topological polar surface area (TPSA) is 65.2 Å². The molecule has 1 aromatic carbocycles. The molecule has 3 nitrogen and oxygen atoms in total. The van der Waals surface area contributed by atoms with Gasteiger partial charge in [-0.05, 0) is 30.3 Å². The van der Waals surface area contributed by atoms with Crippen LogP contribution in [0.5, 0.6) is 0 Å². The molecule has 1 unspecified atom stereocenters. The maximum Gasteiger partial charge on any atom is 0.135 e. The monoisotopic (exact) mass is 270 g/mol. The Balaban J connectivity index is 2.40. The largest absolute Gasteiger partial charge is 0.459 e. The van der Waals surface area contributed by atoms with E-state index in [9.17, 15) is 0 Å². The van der Waals surface area contributed by atoms with Crippen LogP contribution in [0.2, 0.25) is 10.0 Å².